The molecule has 0 bridgehead atoms. The maximum Gasteiger partial charge on any atom is 0.387 e. The lowest BCUT2D eigenvalue weighted by molar-refractivity contribution is -0.0504. The average Bonchev–Trinajstić information content (AvgIpc) is 2.27. The van der Waals surface area contributed by atoms with Crippen molar-refractivity contribution in [2.45, 2.75) is 11.9 Å². The first-order valence-corrected chi connectivity index (χ1v) is 5.91. The van der Waals surface area contributed by atoms with Crippen molar-refractivity contribution >= 4 is 33.5 Å². The van der Waals surface area contributed by atoms with Crippen LogP contribution in [0.25, 0.3) is 0 Å². The zero-order valence-electron chi connectivity index (χ0n) is 8.68. The predicted octanol–water partition coefficient (Wildman–Crippen LogP) is 3.62. The monoisotopic (exact) mass is 328 g/mol. The summed E-state index contributed by atoms with van der Waals surface area (Å²) in [6.45, 7) is -3.04. The molecule has 0 aliphatic carbocycles. The third-order valence-corrected chi connectivity index (χ3v) is 2.87. The highest BCUT2D eigenvalue weighted by Gasteiger charge is 2.19. The molecule has 17 heavy (non-hydrogen) atoms. The van der Waals surface area contributed by atoms with Crippen molar-refractivity contribution in [1.82, 2.24) is 0 Å². The highest BCUT2D eigenvalue weighted by atomic mass is 79.9. The Morgan fingerprint density at radius 1 is 1.53 bits per heavy atom. The van der Waals surface area contributed by atoms with Crippen LogP contribution in [0.4, 0.5) is 8.78 Å². The third-order valence-electron chi connectivity index (χ3n) is 1.91. The summed E-state index contributed by atoms with van der Waals surface area (Å²) >= 11 is 8.99. The van der Waals surface area contributed by atoms with E-state index in [1.54, 1.807) is 0 Å². The van der Waals surface area contributed by atoms with Gasteiger partial charge in [-0.2, -0.15) is 8.78 Å². The summed E-state index contributed by atoms with van der Waals surface area (Å²) in [6, 6.07) is 2.51. The van der Waals surface area contributed by atoms with E-state index in [0.717, 1.165) is 13.2 Å². The summed E-state index contributed by atoms with van der Waals surface area (Å²) in [4.78, 5) is 11.4. The SMILES string of the molecule is COC(=O)c1cc(CBr)c(Cl)cc1OC(F)F. The summed E-state index contributed by atoms with van der Waals surface area (Å²) in [5.41, 5.74) is 0.486. The minimum Gasteiger partial charge on any atom is -0.465 e. The lowest BCUT2D eigenvalue weighted by atomic mass is 10.1. The Morgan fingerprint density at radius 3 is 2.65 bits per heavy atom. The van der Waals surface area contributed by atoms with Crippen LogP contribution in [0.2, 0.25) is 5.02 Å². The minimum atomic E-state index is -3.04. The second kappa shape index (κ2) is 6.16. The summed E-state index contributed by atoms with van der Waals surface area (Å²) in [6.07, 6.45) is 0. The lowest BCUT2D eigenvalue weighted by Gasteiger charge is -2.11. The molecule has 0 aliphatic heterocycles. The Hall–Kier alpha value is -0.880. The minimum absolute atomic E-state index is 0.0911. The Balaban J connectivity index is 3.25. The number of hydrogen-bond acceptors (Lipinski definition) is 3. The van der Waals surface area contributed by atoms with E-state index in [9.17, 15) is 13.6 Å². The summed E-state index contributed by atoms with van der Waals surface area (Å²) in [5.74, 6) is -1.07. The molecule has 0 saturated heterocycles. The van der Waals surface area contributed by atoms with Gasteiger partial charge in [-0.1, -0.05) is 27.5 Å². The van der Waals surface area contributed by atoms with Gasteiger partial charge in [-0.05, 0) is 11.6 Å². The molecule has 0 fully saturated rings. The summed E-state index contributed by atoms with van der Waals surface area (Å²) in [7, 11) is 1.15. The number of methoxy groups -OCH3 is 1. The van der Waals surface area contributed by atoms with Crippen LogP contribution in [0.3, 0.4) is 0 Å². The molecule has 0 aliphatic rings. The smallest absolute Gasteiger partial charge is 0.387 e. The molecular weight excluding hydrogens is 321 g/mol. The fraction of sp³-hybridized carbons (Fsp3) is 0.300. The summed E-state index contributed by atoms with van der Waals surface area (Å²) < 4.78 is 33.0. The molecule has 1 aromatic carbocycles. The van der Waals surface area contributed by atoms with Crippen molar-refractivity contribution in [1.29, 1.82) is 0 Å². The van der Waals surface area contributed by atoms with E-state index in [1.807, 2.05) is 0 Å². The first-order valence-electron chi connectivity index (χ1n) is 4.41. The van der Waals surface area contributed by atoms with Gasteiger partial charge in [-0.25, -0.2) is 4.79 Å². The molecule has 0 spiro atoms. The quantitative estimate of drug-likeness (QED) is 0.625. The van der Waals surface area contributed by atoms with E-state index in [4.69, 9.17) is 11.6 Å². The highest BCUT2D eigenvalue weighted by molar-refractivity contribution is 9.08. The number of ether oxygens (including phenoxy) is 2. The van der Waals surface area contributed by atoms with Crippen LogP contribution >= 0.6 is 27.5 Å². The van der Waals surface area contributed by atoms with Crippen LogP contribution in [0.15, 0.2) is 12.1 Å². The van der Waals surface area contributed by atoms with Gasteiger partial charge in [0, 0.05) is 16.4 Å². The first-order chi connectivity index (χ1) is 7.99. The predicted molar refractivity (Wildman–Crippen MR) is 62.1 cm³/mol. The van der Waals surface area contributed by atoms with Gasteiger partial charge in [0.05, 0.1) is 7.11 Å². The lowest BCUT2D eigenvalue weighted by Crippen LogP contribution is -2.10. The second-order valence-electron chi connectivity index (χ2n) is 2.94. The average molecular weight is 330 g/mol. The molecule has 0 N–H and O–H groups in total. The number of halogens is 4. The summed E-state index contributed by atoms with van der Waals surface area (Å²) in [5, 5.41) is 0.607. The van der Waals surface area contributed by atoms with E-state index in [0.29, 0.717) is 10.9 Å². The molecule has 0 radical (unpaired) electrons. The largest absolute Gasteiger partial charge is 0.465 e. The van der Waals surface area contributed by atoms with Crippen molar-refractivity contribution in [2.75, 3.05) is 7.11 Å². The Morgan fingerprint density at radius 2 is 2.18 bits per heavy atom. The Kier molecular flexibility index (Phi) is 5.14. The van der Waals surface area contributed by atoms with Crippen LogP contribution < -0.4 is 4.74 Å². The molecule has 3 nitrogen and oxygen atoms in total. The van der Waals surface area contributed by atoms with Crippen molar-refractivity contribution in [3.63, 3.8) is 0 Å². The van der Waals surface area contributed by atoms with Crippen molar-refractivity contribution in [2.24, 2.45) is 0 Å². The molecular formula is C10H8BrClF2O3. The van der Waals surface area contributed by atoms with Crippen molar-refractivity contribution in [3.8, 4) is 5.75 Å². The molecule has 94 valence electrons. The molecule has 0 aromatic heterocycles. The number of carbonyl (C=O) groups is 1. The standard InChI is InChI=1S/C10H8BrClF2O3/c1-16-9(15)6-2-5(4-11)7(12)3-8(6)17-10(13)14/h2-3,10H,4H2,1H3. The number of esters is 1. The molecule has 1 aromatic rings. The maximum atomic E-state index is 12.2. The molecule has 0 unspecified atom stereocenters. The van der Waals surface area contributed by atoms with Gasteiger partial charge < -0.3 is 9.47 Å². The topological polar surface area (TPSA) is 35.5 Å². The fourth-order valence-electron chi connectivity index (χ4n) is 1.17. The zero-order valence-corrected chi connectivity index (χ0v) is 11.0. The molecule has 7 heteroatoms. The maximum absolute atomic E-state index is 12.2. The first kappa shape index (κ1) is 14.2. The number of rotatable bonds is 4. The Labute approximate surface area is 110 Å². The van der Waals surface area contributed by atoms with Gasteiger partial charge in [-0.3, -0.25) is 0 Å². The second-order valence-corrected chi connectivity index (χ2v) is 3.91. The highest BCUT2D eigenvalue weighted by Crippen LogP contribution is 2.30. The van der Waals surface area contributed by atoms with Gasteiger partial charge in [0.2, 0.25) is 0 Å². The number of benzene rings is 1. The van der Waals surface area contributed by atoms with E-state index in [2.05, 4.69) is 25.4 Å². The Bertz CT molecular complexity index is 426. The molecule has 1 rings (SSSR count). The molecule has 0 saturated carbocycles. The van der Waals surface area contributed by atoms with Crippen LogP contribution in [0.5, 0.6) is 5.75 Å². The number of hydrogen-bond donors (Lipinski definition) is 0. The van der Waals surface area contributed by atoms with E-state index >= 15 is 0 Å². The van der Waals surface area contributed by atoms with Gasteiger partial charge in [0.1, 0.15) is 11.3 Å². The molecule has 0 atom stereocenters. The molecule has 0 amide bonds. The molecule has 0 heterocycles. The van der Waals surface area contributed by atoms with Crippen LogP contribution in [0, 0.1) is 0 Å². The van der Waals surface area contributed by atoms with Crippen LogP contribution in [-0.4, -0.2) is 19.7 Å². The number of carbonyl (C=O) groups excluding carboxylic acids is 1. The van der Waals surface area contributed by atoms with Crippen LogP contribution in [0.1, 0.15) is 15.9 Å². The van der Waals surface area contributed by atoms with Gasteiger partial charge in [0.15, 0.2) is 0 Å². The number of alkyl halides is 3. The van der Waals surface area contributed by atoms with Gasteiger partial charge in [-0.15, -0.1) is 0 Å². The van der Waals surface area contributed by atoms with E-state index in [-0.39, 0.29) is 16.3 Å². The van der Waals surface area contributed by atoms with Crippen LogP contribution in [-0.2, 0) is 10.1 Å². The normalized spacial score (nSPS) is 10.5. The third kappa shape index (κ3) is 3.54. The van der Waals surface area contributed by atoms with E-state index in [1.165, 1.54) is 6.07 Å². The van der Waals surface area contributed by atoms with Gasteiger partial charge >= 0.3 is 12.6 Å². The zero-order chi connectivity index (χ0) is 13.0. The van der Waals surface area contributed by atoms with Gasteiger partial charge in [0.25, 0.3) is 0 Å². The van der Waals surface area contributed by atoms with E-state index < -0.39 is 12.6 Å². The van der Waals surface area contributed by atoms with Crippen molar-refractivity contribution in [3.05, 3.63) is 28.3 Å². The van der Waals surface area contributed by atoms with Crippen molar-refractivity contribution < 1.29 is 23.0 Å². The fourth-order valence-corrected chi connectivity index (χ4v) is 2.01.